The molecule has 0 unspecified atom stereocenters. The van der Waals surface area contributed by atoms with Gasteiger partial charge in [0.25, 0.3) is 5.91 Å². The molecular formula is C13H9BrClN3O2. The van der Waals surface area contributed by atoms with Crippen LogP contribution in [0.4, 0.5) is 5.69 Å². The van der Waals surface area contributed by atoms with E-state index >= 15 is 0 Å². The minimum atomic E-state index is -0.594. The van der Waals surface area contributed by atoms with Crippen molar-refractivity contribution in [1.82, 2.24) is 4.98 Å². The molecule has 2 aromatic rings. The van der Waals surface area contributed by atoms with Gasteiger partial charge in [-0.1, -0.05) is 11.6 Å². The summed E-state index contributed by atoms with van der Waals surface area (Å²) in [6.07, 6.45) is 1.50. The Morgan fingerprint density at radius 1 is 1.20 bits per heavy atom. The summed E-state index contributed by atoms with van der Waals surface area (Å²) in [4.78, 5) is 27.1. The molecule has 0 aliphatic carbocycles. The van der Waals surface area contributed by atoms with Gasteiger partial charge >= 0.3 is 0 Å². The molecule has 1 heterocycles. The minimum Gasteiger partial charge on any atom is -0.366 e. The van der Waals surface area contributed by atoms with Crippen LogP contribution in [0.2, 0.25) is 5.02 Å². The summed E-state index contributed by atoms with van der Waals surface area (Å²) in [6, 6.07) is 7.55. The van der Waals surface area contributed by atoms with E-state index in [-0.39, 0.29) is 11.5 Å². The monoisotopic (exact) mass is 353 g/mol. The van der Waals surface area contributed by atoms with E-state index in [0.717, 1.165) is 0 Å². The summed E-state index contributed by atoms with van der Waals surface area (Å²) in [5, 5.41) is 2.94. The lowest BCUT2D eigenvalue weighted by atomic mass is 10.2. The second kappa shape index (κ2) is 6.02. The Morgan fingerprint density at radius 2 is 1.95 bits per heavy atom. The van der Waals surface area contributed by atoms with Crippen LogP contribution in [0.3, 0.4) is 0 Å². The number of pyridine rings is 1. The van der Waals surface area contributed by atoms with Crippen LogP contribution < -0.4 is 11.1 Å². The second-order valence-electron chi connectivity index (χ2n) is 3.88. The fourth-order valence-corrected chi connectivity index (χ4v) is 2.04. The number of benzene rings is 1. The maximum absolute atomic E-state index is 12.1. The molecule has 5 nitrogen and oxygen atoms in total. The Morgan fingerprint density at radius 3 is 2.60 bits per heavy atom. The van der Waals surface area contributed by atoms with Gasteiger partial charge in [0.2, 0.25) is 5.91 Å². The zero-order chi connectivity index (χ0) is 14.7. The molecule has 3 N–H and O–H groups in total. The zero-order valence-electron chi connectivity index (χ0n) is 10.1. The summed E-state index contributed by atoms with van der Waals surface area (Å²) in [6.45, 7) is 0. The number of carbonyl (C=O) groups excluding carboxylic acids is 2. The van der Waals surface area contributed by atoms with Gasteiger partial charge in [-0.3, -0.25) is 9.59 Å². The highest BCUT2D eigenvalue weighted by Gasteiger charge is 2.11. The van der Waals surface area contributed by atoms with Crippen LogP contribution in [0, 0.1) is 0 Å². The van der Waals surface area contributed by atoms with Crippen molar-refractivity contribution in [2.75, 3.05) is 5.32 Å². The molecule has 2 rings (SSSR count). The van der Waals surface area contributed by atoms with Gasteiger partial charge in [0.15, 0.2) is 0 Å². The van der Waals surface area contributed by atoms with Crippen LogP contribution >= 0.6 is 27.5 Å². The largest absolute Gasteiger partial charge is 0.366 e. The van der Waals surface area contributed by atoms with Crippen molar-refractivity contribution in [1.29, 1.82) is 0 Å². The van der Waals surface area contributed by atoms with E-state index < -0.39 is 5.91 Å². The predicted octanol–water partition coefficient (Wildman–Crippen LogP) is 2.85. The summed E-state index contributed by atoms with van der Waals surface area (Å²) in [5.41, 5.74) is 6.18. The van der Waals surface area contributed by atoms with E-state index in [1.807, 2.05) is 0 Å². The number of hydrogen-bond acceptors (Lipinski definition) is 3. The number of hydrogen-bond donors (Lipinski definition) is 2. The number of nitrogens with zero attached hydrogens (tertiary/aromatic N) is 1. The first kappa shape index (κ1) is 14.5. The molecule has 1 aromatic carbocycles. The first-order valence-electron chi connectivity index (χ1n) is 5.49. The van der Waals surface area contributed by atoms with E-state index in [4.69, 9.17) is 17.3 Å². The van der Waals surface area contributed by atoms with Gasteiger partial charge in [0.05, 0.1) is 10.7 Å². The molecule has 0 aliphatic heterocycles. The Hall–Kier alpha value is -1.92. The Kier molecular flexibility index (Phi) is 4.36. The number of nitrogens with two attached hydrogens (primary N) is 1. The van der Waals surface area contributed by atoms with Crippen molar-refractivity contribution in [2.24, 2.45) is 5.73 Å². The van der Waals surface area contributed by atoms with E-state index in [1.165, 1.54) is 24.4 Å². The summed E-state index contributed by atoms with van der Waals surface area (Å²) in [5.74, 6) is -0.958. The number of amides is 2. The molecule has 102 valence electrons. The van der Waals surface area contributed by atoms with Crippen molar-refractivity contribution in [3.8, 4) is 0 Å². The number of carbonyl (C=O) groups is 2. The lowest BCUT2D eigenvalue weighted by Crippen LogP contribution is -2.15. The van der Waals surface area contributed by atoms with Gasteiger partial charge in [0, 0.05) is 17.3 Å². The molecule has 0 atom stereocenters. The molecule has 1 aromatic heterocycles. The van der Waals surface area contributed by atoms with Crippen LogP contribution in [0.1, 0.15) is 20.7 Å². The fraction of sp³-hybridized carbons (Fsp3) is 0. The average molecular weight is 355 g/mol. The van der Waals surface area contributed by atoms with E-state index in [0.29, 0.717) is 20.9 Å². The van der Waals surface area contributed by atoms with E-state index in [1.54, 1.807) is 12.1 Å². The molecule has 0 radical (unpaired) electrons. The predicted molar refractivity (Wildman–Crippen MR) is 79.9 cm³/mol. The second-order valence-corrected chi connectivity index (χ2v) is 5.10. The molecule has 20 heavy (non-hydrogen) atoms. The Bertz CT molecular complexity index is 691. The quantitative estimate of drug-likeness (QED) is 0.831. The standard InChI is InChI=1S/C13H9BrClN3O2/c14-11-6-8(3-4-17-11)13(20)18-10-5-7(12(16)19)1-2-9(10)15/h1-6H,(H2,16,19)(H,18,20). The minimum absolute atomic E-state index is 0.264. The fourth-order valence-electron chi connectivity index (χ4n) is 1.51. The number of aromatic nitrogens is 1. The van der Waals surface area contributed by atoms with Gasteiger partial charge in [0.1, 0.15) is 4.60 Å². The first-order valence-corrected chi connectivity index (χ1v) is 6.67. The molecule has 0 saturated carbocycles. The third-order valence-electron chi connectivity index (χ3n) is 2.49. The van der Waals surface area contributed by atoms with Gasteiger partial charge in [-0.2, -0.15) is 0 Å². The maximum atomic E-state index is 12.1. The summed E-state index contributed by atoms with van der Waals surface area (Å²) in [7, 11) is 0. The lowest BCUT2D eigenvalue weighted by Gasteiger charge is -2.08. The molecule has 0 aliphatic rings. The number of anilines is 1. The van der Waals surface area contributed by atoms with Gasteiger partial charge in [-0.05, 0) is 46.3 Å². The van der Waals surface area contributed by atoms with Crippen molar-refractivity contribution in [3.63, 3.8) is 0 Å². The first-order chi connectivity index (χ1) is 9.47. The van der Waals surface area contributed by atoms with E-state index in [9.17, 15) is 9.59 Å². The van der Waals surface area contributed by atoms with Crippen LogP contribution in [0.25, 0.3) is 0 Å². The Balaban J connectivity index is 2.27. The highest BCUT2D eigenvalue weighted by molar-refractivity contribution is 9.10. The highest BCUT2D eigenvalue weighted by Crippen LogP contribution is 2.23. The highest BCUT2D eigenvalue weighted by atomic mass is 79.9. The Labute approximate surface area is 128 Å². The smallest absolute Gasteiger partial charge is 0.255 e. The van der Waals surface area contributed by atoms with Crippen molar-refractivity contribution < 1.29 is 9.59 Å². The zero-order valence-corrected chi connectivity index (χ0v) is 12.4. The average Bonchev–Trinajstić information content (AvgIpc) is 2.41. The topological polar surface area (TPSA) is 85.1 Å². The molecule has 7 heteroatoms. The van der Waals surface area contributed by atoms with Crippen LogP contribution in [-0.4, -0.2) is 16.8 Å². The number of nitrogens with one attached hydrogen (secondary N) is 1. The third kappa shape index (κ3) is 3.34. The molecular weight excluding hydrogens is 346 g/mol. The number of halogens is 2. The third-order valence-corrected chi connectivity index (χ3v) is 3.25. The molecule has 0 spiro atoms. The normalized spacial score (nSPS) is 10.1. The van der Waals surface area contributed by atoms with Crippen LogP contribution in [-0.2, 0) is 0 Å². The number of primary amides is 1. The molecule has 0 saturated heterocycles. The van der Waals surface area contributed by atoms with Crippen LogP contribution in [0.5, 0.6) is 0 Å². The maximum Gasteiger partial charge on any atom is 0.255 e. The molecule has 0 fully saturated rings. The van der Waals surface area contributed by atoms with Crippen LogP contribution in [0.15, 0.2) is 41.1 Å². The number of rotatable bonds is 3. The van der Waals surface area contributed by atoms with E-state index in [2.05, 4.69) is 26.2 Å². The van der Waals surface area contributed by atoms with Crippen molar-refractivity contribution >= 4 is 45.0 Å². The van der Waals surface area contributed by atoms with Crippen molar-refractivity contribution in [3.05, 3.63) is 57.3 Å². The molecule has 2 amide bonds. The molecule has 0 bridgehead atoms. The SMILES string of the molecule is NC(=O)c1ccc(Cl)c(NC(=O)c2ccnc(Br)c2)c1. The summed E-state index contributed by atoms with van der Waals surface area (Å²) < 4.78 is 0.544. The van der Waals surface area contributed by atoms with Gasteiger partial charge in [-0.15, -0.1) is 0 Å². The van der Waals surface area contributed by atoms with Crippen molar-refractivity contribution in [2.45, 2.75) is 0 Å². The lowest BCUT2D eigenvalue weighted by molar-refractivity contribution is 0.0996. The van der Waals surface area contributed by atoms with Gasteiger partial charge in [-0.25, -0.2) is 4.98 Å². The summed E-state index contributed by atoms with van der Waals surface area (Å²) >= 11 is 9.16. The van der Waals surface area contributed by atoms with Gasteiger partial charge < -0.3 is 11.1 Å².